The molecule has 1 N–H and O–H groups in total. The van der Waals surface area contributed by atoms with E-state index in [9.17, 15) is 9.59 Å². The maximum Gasteiger partial charge on any atom is 0.253 e. The molecule has 0 unspecified atom stereocenters. The van der Waals surface area contributed by atoms with Crippen molar-refractivity contribution in [2.45, 2.75) is 26.3 Å². The minimum Gasteiger partial charge on any atom is -0.368 e. The highest BCUT2D eigenvalue weighted by molar-refractivity contribution is 6.30. The zero-order chi connectivity index (χ0) is 20.3. The molecule has 1 heterocycles. The fraction of sp³-hybridized carbons (Fsp3) is 0.364. The van der Waals surface area contributed by atoms with Crippen LogP contribution in [0.5, 0.6) is 0 Å². The molecule has 1 saturated heterocycles. The molecule has 6 heteroatoms. The maximum atomic E-state index is 12.8. The monoisotopic (exact) mass is 399 g/mol. The molecular formula is C22H26ClN3O2. The van der Waals surface area contributed by atoms with Crippen LogP contribution in [-0.2, 0) is 0 Å². The third-order valence-corrected chi connectivity index (χ3v) is 4.89. The lowest BCUT2D eigenvalue weighted by Gasteiger charge is -2.36. The Hall–Kier alpha value is -2.53. The number of hydrogen-bond acceptors (Lipinski definition) is 3. The van der Waals surface area contributed by atoms with Crippen molar-refractivity contribution >= 4 is 29.1 Å². The Morgan fingerprint density at radius 2 is 1.39 bits per heavy atom. The Kier molecular flexibility index (Phi) is 5.94. The number of rotatable bonds is 3. The number of piperazine rings is 1. The van der Waals surface area contributed by atoms with Crippen LogP contribution in [0.1, 0.15) is 41.5 Å². The number of carbonyl (C=O) groups excluding carboxylic acids is 2. The van der Waals surface area contributed by atoms with Crippen molar-refractivity contribution in [1.82, 2.24) is 10.2 Å². The number of nitrogens with one attached hydrogen (secondary N) is 1. The van der Waals surface area contributed by atoms with Crippen molar-refractivity contribution in [2.75, 3.05) is 31.1 Å². The van der Waals surface area contributed by atoms with E-state index in [2.05, 4.69) is 10.2 Å². The van der Waals surface area contributed by atoms with Crippen molar-refractivity contribution < 1.29 is 9.59 Å². The van der Waals surface area contributed by atoms with Crippen LogP contribution >= 0.6 is 11.6 Å². The summed E-state index contributed by atoms with van der Waals surface area (Å²) in [5.74, 6) is -0.137. The van der Waals surface area contributed by atoms with Gasteiger partial charge in [-0.25, -0.2) is 0 Å². The highest BCUT2D eigenvalue weighted by Gasteiger charge is 2.23. The molecule has 0 saturated carbocycles. The fourth-order valence-corrected chi connectivity index (χ4v) is 3.31. The van der Waals surface area contributed by atoms with E-state index in [0.29, 0.717) is 24.2 Å². The smallest absolute Gasteiger partial charge is 0.253 e. The maximum absolute atomic E-state index is 12.8. The predicted octanol–water partition coefficient (Wildman–Crippen LogP) is 3.83. The van der Waals surface area contributed by atoms with Crippen LogP contribution in [0, 0.1) is 0 Å². The lowest BCUT2D eigenvalue weighted by Crippen LogP contribution is -2.48. The molecular weight excluding hydrogens is 374 g/mol. The van der Waals surface area contributed by atoms with Crippen molar-refractivity contribution in [3.05, 3.63) is 64.7 Å². The van der Waals surface area contributed by atoms with Crippen molar-refractivity contribution in [1.29, 1.82) is 0 Å². The van der Waals surface area contributed by atoms with Crippen LogP contribution in [0.15, 0.2) is 48.5 Å². The summed E-state index contributed by atoms with van der Waals surface area (Å²) in [6.45, 7) is 8.69. The van der Waals surface area contributed by atoms with E-state index in [0.717, 1.165) is 23.8 Å². The second-order valence-corrected chi connectivity index (χ2v) is 8.47. The number of nitrogens with zero attached hydrogens (tertiary/aromatic N) is 2. The van der Waals surface area contributed by atoms with Gasteiger partial charge in [-0.2, -0.15) is 0 Å². The fourth-order valence-electron chi connectivity index (χ4n) is 3.18. The summed E-state index contributed by atoms with van der Waals surface area (Å²) in [7, 11) is 0. The molecule has 1 fully saturated rings. The standard InChI is InChI=1S/C22H26ClN3O2/c1-22(2,3)24-20(27)16-4-6-17(7-5-16)21(28)26-14-12-25(13-15-26)19-10-8-18(23)9-11-19/h4-11H,12-15H2,1-3H3,(H,24,27). The molecule has 148 valence electrons. The normalized spacial score (nSPS) is 14.7. The zero-order valence-electron chi connectivity index (χ0n) is 16.5. The summed E-state index contributed by atoms with van der Waals surface area (Å²) in [5.41, 5.74) is 1.98. The molecule has 28 heavy (non-hydrogen) atoms. The summed E-state index contributed by atoms with van der Waals surface area (Å²) in [4.78, 5) is 29.1. The quantitative estimate of drug-likeness (QED) is 0.853. The van der Waals surface area contributed by atoms with Gasteiger partial charge in [0.05, 0.1) is 0 Å². The van der Waals surface area contributed by atoms with E-state index in [-0.39, 0.29) is 17.4 Å². The second-order valence-electron chi connectivity index (χ2n) is 8.04. The first-order valence-electron chi connectivity index (χ1n) is 9.45. The first-order chi connectivity index (χ1) is 13.2. The van der Waals surface area contributed by atoms with E-state index < -0.39 is 0 Å². The van der Waals surface area contributed by atoms with Gasteiger partial charge in [-0.05, 0) is 69.3 Å². The van der Waals surface area contributed by atoms with E-state index in [1.165, 1.54) is 0 Å². The lowest BCUT2D eigenvalue weighted by molar-refractivity contribution is 0.0746. The minimum atomic E-state index is -0.296. The zero-order valence-corrected chi connectivity index (χ0v) is 17.3. The number of halogens is 1. The van der Waals surface area contributed by atoms with E-state index >= 15 is 0 Å². The molecule has 3 rings (SSSR count). The molecule has 2 aromatic rings. The van der Waals surface area contributed by atoms with Gasteiger partial charge in [0.1, 0.15) is 0 Å². The average molecular weight is 400 g/mol. The van der Waals surface area contributed by atoms with Crippen molar-refractivity contribution in [3.63, 3.8) is 0 Å². The van der Waals surface area contributed by atoms with Crippen molar-refractivity contribution in [3.8, 4) is 0 Å². The molecule has 1 aliphatic heterocycles. The molecule has 5 nitrogen and oxygen atoms in total. The summed E-state index contributed by atoms with van der Waals surface area (Å²) < 4.78 is 0. The van der Waals surface area contributed by atoms with Gasteiger partial charge in [-0.15, -0.1) is 0 Å². The van der Waals surface area contributed by atoms with Crippen molar-refractivity contribution in [2.24, 2.45) is 0 Å². The van der Waals surface area contributed by atoms with Gasteiger partial charge in [0.25, 0.3) is 11.8 Å². The van der Waals surface area contributed by atoms with E-state index in [1.807, 2.05) is 49.9 Å². The molecule has 0 radical (unpaired) electrons. The summed E-state index contributed by atoms with van der Waals surface area (Å²) in [6, 6.07) is 14.6. The van der Waals surface area contributed by atoms with Crippen LogP contribution in [0.3, 0.4) is 0 Å². The van der Waals surface area contributed by atoms with Crippen LogP contribution < -0.4 is 10.2 Å². The number of amides is 2. The van der Waals surface area contributed by atoms with Crippen LogP contribution in [0.4, 0.5) is 5.69 Å². The van der Waals surface area contributed by atoms with Gasteiger partial charge >= 0.3 is 0 Å². The SMILES string of the molecule is CC(C)(C)NC(=O)c1ccc(C(=O)N2CCN(c3ccc(Cl)cc3)CC2)cc1. The van der Waals surface area contributed by atoms with Gasteiger partial charge < -0.3 is 15.1 Å². The molecule has 0 atom stereocenters. The summed E-state index contributed by atoms with van der Waals surface area (Å²) in [5, 5.41) is 3.64. The van der Waals surface area contributed by atoms with Crippen LogP contribution in [0.2, 0.25) is 5.02 Å². The van der Waals surface area contributed by atoms with Crippen LogP contribution in [0.25, 0.3) is 0 Å². The Morgan fingerprint density at radius 1 is 0.857 bits per heavy atom. The topological polar surface area (TPSA) is 52.7 Å². The van der Waals surface area contributed by atoms with Gasteiger partial charge in [0, 0.05) is 53.6 Å². The highest BCUT2D eigenvalue weighted by atomic mass is 35.5. The molecule has 0 aliphatic carbocycles. The van der Waals surface area contributed by atoms with Gasteiger partial charge in [-0.1, -0.05) is 11.6 Å². The Balaban J connectivity index is 1.59. The highest BCUT2D eigenvalue weighted by Crippen LogP contribution is 2.20. The molecule has 0 bridgehead atoms. The number of hydrogen-bond donors (Lipinski definition) is 1. The average Bonchev–Trinajstić information content (AvgIpc) is 2.67. The molecule has 2 aromatic carbocycles. The third kappa shape index (κ3) is 5.04. The molecule has 0 aromatic heterocycles. The lowest BCUT2D eigenvalue weighted by atomic mass is 10.1. The second kappa shape index (κ2) is 8.23. The van der Waals surface area contributed by atoms with Gasteiger partial charge in [-0.3, -0.25) is 9.59 Å². The molecule has 2 amide bonds. The number of benzene rings is 2. The number of carbonyl (C=O) groups is 2. The molecule has 1 aliphatic rings. The third-order valence-electron chi connectivity index (χ3n) is 4.64. The first-order valence-corrected chi connectivity index (χ1v) is 9.83. The molecule has 0 spiro atoms. The Morgan fingerprint density at radius 3 is 1.93 bits per heavy atom. The predicted molar refractivity (Wildman–Crippen MR) is 113 cm³/mol. The van der Waals surface area contributed by atoms with Gasteiger partial charge in [0.15, 0.2) is 0 Å². The van der Waals surface area contributed by atoms with Crippen LogP contribution in [-0.4, -0.2) is 48.4 Å². The summed E-state index contributed by atoms with van der Waals surface area (Å²) >= 11 is 5.95. The minimum absolute atomic E-state index is 0.00136. The number of anilines is 1. The first kappa shape index (κ1) is 20.2. The Bertz CT molecular complexity index is 834. The Labute approximate surface area is 171 Å². The van der Waals surface area contributed by atoms with Gasteiger partial charge in [0.2, 0.25) is 0 Å². The summed E-state index contributed by atoms with van der Waals surface area (Å²) in [6.07, 6.45) is 0. The van der Waals surface area contributed by atoms with E-state index in [1.54, 1.807) is 24.3 Å². The largest absolute Gasteiger partial charge is 0.368 e. The van der Waals surface area contributed by atoms with E-state index in [4.69, 9.17) is 11.6 Å².